The fraction of sp³-hybridized carbons (Fsp3) is 0.273. The van der Waals surface area contributed by atoms with E-state index >= 15 is 0 Å². The lowest BCUT2D eigenvalue weighted by Gasteiger charge is -2.18. The lowest BCUT2D eigenvalue weighted by molar-refractivity contribution is -0.137. The molecule has 1 unspecified atom stereocenters. The third-order valence-corrected chi connectivity index (χ3v) is 4.54. The molecule has 0 bridgehead atoms. The smallest absolute Gasteiger partial charge is 0.418 e. The summed E-state index contributed by atoms with van der Waals surface area (Å²) in [5.74, 6) is -0.399. The second kappa shape index (κ2) is 8.22. The third kappa shape index (κ3) is 4.64. The number of alkyl halides is 3. The maximum atomic E-state index is 13.1. The van der Waals surface area contributed by atoms with Crippen LogP contribution in [0.3, 0.4) is 0 Å². The number of anilines is 1. The van der Waals surface area contributed by atoms with Gasteiger partial charge in [0.2, 0.25) is 0 Å². The molecule has 1 aromatic heterocycles. The third-order valence-electron chi connectivity index (χ3n) is 4.54. The van der Waals surface area contributed by atoms with Crippen molar-refractivity contribution in [2.45, 2.75) is 39.0 Å². The van der Waals surface area contributed by atoms with Crippen LogP contribution in [0.1, 0.15) is 37.8 Å². The number of hydrogen-bond donors (Lipinski definition) is 1. The molecular weight excluding hydrogens is 399 g/mol. The average molecular weight is 419 g/mol. The normalized spacial score (nSPS) is 12.8. The quantitative estimate of drug-likeness (QED) is 0.567. The molecule has 1 amide bonds. The van der Waals surface area contributed by atoms with Gasteiger partial charge in [0.1, 0.15) is 11.3 Å². The zero-order valence-electron chi connectivity index (χ0n) is 16.5. The average Bonchev–Trinajstić information content (AvgIpc) is 2.66. The minimum atomic E-state index is -4.60. The van der Waals surface area contributed by atoms with Crippen molar-refractivity contribution in [3.63, 3.8) is 0 Å². The number of benzene rings is 2. The second-order valence-corrected chi connectivity index (χ2v) is 7.13. The summed E-state index contributed by atoms with van der Waals surface area (Å²) in [4.78, 5) is 24.2. The molecule has 3 aromatic rings. The minimum Gasteiger partial charge on any atom is -0.481 e. The predicted molar refractivity (Wildman–Crippen MR) is 107 cm³/mol. The number of para-hydroxylation sites is 1. The van der Waals surface area contributed by atoms with Gasteiger partial charge in [-0.05, 0) is 42.7 Å². The molecule has 0 radical (unpaired) electrons. The van der Waals surface area contributed by atoms with E-state index in [1.165, 1.54) is 37.3 Å². The number of carbonyl (C=O) groups excluding carboxylic acids is 1. The van der Waals surface area contributed by atoms with Crippen LogP contribution >= 0.6 is 0 Å². The van der Waals surface area contributed by atoms with Crippen LogP contribution in [0.15, 0.2) is 57.7 Å². The SMILES string of the molecule is CC(Oc1ccc2c(C(C)C)cc(=O)oc2c1)C(=O)Nc1ccccc1C(F)(F)F. The molecular formula is C22H20F3NO4. The summed E-state index contributed by atoms with van der Waals surface area (Å²) < 4.78 is 50.1. The van der Waals surface area contributed by atoms with Crippen molar-refractivity contribution in [1.29, 1.82) is 0 Å². The molecule has 158 valence electrons. The molecule has 30 heavy (non-hydrogen) atoms. The lowest BCUT2D eigenvalue weighted by atomic mass is 10.00. The van der Waals surface area contributed by atoms with Crippen LogP contribution in [0.5, 0.6) is 5.75 Å². The van der Waals surface area contributed by atoms with Gasteiger partial charge in [-0.3, -0.25) is 4.79 Å². The van der Waals surface area contributed by atoms with E-state index in [0.717, 1.165) is 17.0 Å². The fourth-order valence-electron chi connectivity index (χ4n) is 3.05. The number of ether oxygens (including phenoxy) is 1. The molecule has 1 heterocycles. The number of carbonyl (C=O) groups is 1. The number of halogens is 3. The molecule has 0 aliphatic heterocycles. The van der Waals surface area contributed by atoms with Gasteiger partial charge in [0.25, 0.3) is 5.91 Å². The zero-order chi connectivity index (χ0) is 22.1. The molecule has 1 atom stereocenters. The van der Waals surface area contributed by atoms with Crippen molar-refractivity contribution in [2.24, 2.45) is 0 Å². The standard InChI is InChI=1S/C22H20F3NO4/c1-12(2)16-11-20(27)30-19-10-14(8-9-15(16)19)29-13(3)21(28)26-18-7-5-4-6-17(18)22(23,24)25/h4-13H,1-3H3,(H,26,28). The Morgan fingerprint density at radius 1 is 1.07 bits per heavy atom. The molecule has 5 nitrogen and oxygen atoms in total. The van der Waals surface area contributed by atoms with Gasteiger partial charge in [-0.25, -0.2) is 4.79 Å². The summed E-state index contributed by atoms with van der Waals surface area (Å²) in [5, 5.41) is 2.99. The Hall–Kier alpha value is -3.29. The first-order valence-corrected chi connectivity index (χ1v) is 9.28. The largest absolute Gasteiger partial charge is 0.481 e. The van der Waals surface area contributed by atoms with Crippen molar-refractivity contribution in [3.05, 3.63) is 70.1 Å². The summed E-state index contributed by atoms with van der Waals surface area (Å²) in [5.41, 5.74) is -0.672. The monoisotopic (exact) mass is 419 g/mol. The molecule has 0 fully saturated rings. The molecule has 0 spiro atoms. The summed E-state index contributed by atoms with van der Waals surface area (Å²) in [6.45, 7) is 5.31. The molecule has 0 saturated heterocycles. The Labute approximate surface area is 170 Å². The first-order valence-electron chi connectivity index (χ1n) is 9.28. The van der Waals surface area contributed by atoms with Gasteiger partial charge in [0.05, 0.1) is 11.3 Å². The summed E-state index contributed by atoms with van der Waals surface area (Å²) in [6.07, 6.45) is -5.69. The van der Waals surface area contributed by atoms with E-state index in [1.807, 2.05) is 13.8 Å². The number of amides is 1. The maximum absolute atomic E-state index is 13.1. The number of fused-ring (bicyclic) bond motifs is 1. The second-order valence-electron chi connectivity index (χ2n) is 7.13. The first-order chi connectivity index (χ1) is 14.1. The van der Waals surface area contributed by atoms with Gasteiger partial charge < -0.3 is 14.5 Å². The molecule has 1 N–H and O–H groups in total. The lowest BCUT2D eigenvalue weighted by Crippen LogP contribution is -2.31. The van der Waals surface area contributed by atoms with Crippen LogP contribution in [0.2, 0.25) is 0 Å². The highest BCUT2D eigenvalue weighted by atomic mass is 19.4. The predicted octanol–water partition coefficient (Wildman–Crippen LogP) is 5.34. The van der Waals surface area contributed by atoms with Gasteiger partial charge >= 0.3 is 11.8 Å². The van der Waals surface area contributed by atoms with Crippen molar-refractivity contribution in [2.75, 3.05) is 5.32 Å². The Morgan fingerprint density at radius 3 is 2.43 bits per heavy atom. The van der Waals surface area contributed by atoms with E-state index in [4.69, 9.17) is 9.15 Å². The Balaban J connectivity index is 1.81. The van der Waals surface area contributed by atoms with Gasteiger partial charge in [0, 0.05) is 17.5 Å². The number of hydrogen-bond acceptors (Lipinski definition) is 4. The maximum Gasteiger partial charge on any atom is 0.418 e. The Bertz CT molecular complexity index is 1140. The molecule has 0 saturated carbocycles. The van der Waals surface area contributed by atoms with Gasteiger partial charge in [-0.2, -0.15) is 13.2 Å². The van der Waals surface area contributed by atoms with E-state index in [2.05, 4.69) is 5.32 Å². The Kier molecular flexibility index (Phi) is 5.87. The van der Waals surface area contributed by atoms with Crippen LogP contribution in [0, 0.1) is 0 Å². The zero-order valence-corrected chi connectivity index (χ0v) is 16.5. The highest BCUT2D eigenvalue weighted by Crippen LogP contribution is 2.34. The molecule has 0 aliphatic carbocycles. The van der Waals surface area contributed by atoms with Crippen LogP contribution < -0.4 is 15.7 Å². The van der Waals surface area contributed by atoms with Crippen molar-refractivity contribution >= 4 is 22.6 Å². The van der Waals surface area contributed by atoms with Crippen molar-refractivity contribution in [3.8, 4) is 5.75 Å². The van der Waals surface area contributed by atoms with Crippen LogP contribution in [-0.2, 0) is 11.0 Å². The van der Waals surface area contributed by atoms with Crippen LogP contribution in [-0.4, -0.2) is 12.0 Å². The number of rotatable bonds is 5. The molecule has 2 aromatic carbocycles. The summed E-state index contributed by atoms with van der Waals surface area (Å²) >= 11 is 0. The number of nitrogens with one attached hydrogen (secondary N) is 1. The highest BCUT2D eigenvalue weighted by Gasteiger charge is 2.34. The highest BCUT2D eigenvalue weighted by molar-refractivity contribution is 5.95. The first kappa shape index (κ1) is 21.4. The molecule has 3 rings (SSSR count). The van der Waals surface area contributed by atoms with Crippen LogP contribution in [0.4, 0.5) is 18.9 Å². The van der Waals surface area contributed by atoms with Crippen LogP contribution in [0.25, 0.3) is 11.0 Å². The molecule has 8 heteroatoms. The molecule has 0 aliphatic rings. The van der Waals surface area contributed by atoms with E-state index in [1.54, 1.807) is 12.1 Å². The van der Waals surface area contributed by atoms with E-state index < -0.39 is 29.4 Å². The summed E-state index contributed by atoms with van der Waals surface area (Å²) in [7, 11) is 0. The van der Waals surface area contributed by atoms with Gasteiger partial charge in [0.15, 0.2) is 6.10 Å². The van der Waals surface area contributed by atoms with Gasteiger partial charge in [-0.1, -0.05) is 26.0 Å². The van der Waals surface area contributed by atoms with E-state index in [-0.39, 0.29) is 17.4 Å². The van der Waals surface area contributed by atoms with Gasteiger partial charge in [-0.15, -0.1) is 0 Å². The Morgan fingerprint density at radius 2 is 1.77 bits per heavy atom. The minimum absolute atomic E-state index is 0.0989. The topological polar surface area (TPSA) is 68.5 Å². The van der Waals surface area contributed by atoms with E-state index in [9.17, 15) is 22.8 Å². The van der Waals surface area contributed by atoms with E-state index in [0.29, 0.717) is 5.58 Å². The fourth-order valence-corrected chi connectivity index (χ4v) is 3.05. The van der Waals surface area contributed by atoms with Crippen molar-refractivity contribution in [1.82, 2.24) is 0 Å². The summed E-state index contributed by atoms with van der Waals surface area (Å²) in [6, 6.07) is 10.9. The van der Waals surface area contributed by atoms with Crippen molar-refractivity contribution < 1.29 is 27.1 Å².